The van der Waals surface area contributed by atoms with E-state index >= 15 is 0 Å². The van der Waals surface area contributed by atoms with Crippen LogP contribution in [-0.4, -0.2) is 16.8 Å². The summed E-state index contributed by atoms with van der Waals surface area (Å²) >= 11 is 0. The number of aromatic nitrogens is 1. The van der Waals surface area contributed by atoms with Crippen molar-refractivity contribution in [3.05, 3.63) is 78.1 Å². The van der Waals surface area contributed by atoms with Gasteiger partial charge in [0, 0.05) is 24.7 Å². The number of nitrogens with one attached hydrogen (secondary N) is 2. The molecule has 29 heavy (non-hydrogen) atoms. The van der Waals surface area contributed by atoms with E-state index in [0.29, 0.717) is 12.8 Å². The van der Waals surface area contributed by atoms with E-state index in [1.54, 1.807) is 18.5 Å². The van der Waals surface area contributed by atoms with Gasteiger partial charge in [0.05, 0.1) is 11.9 Å². The van der Waals surface area contributed by atoms with E-state index in [9.17, 15) is 9.59 Å². The Balaban J connectivity index is 1.31. The van der Waals surface area contributed by atoms with Crippen LogP contribution in [-0.2, 0) is 22.4 Å². The van der Waals surface area contributed by atoms with Crippen LogP contribution in [0.15, 0.2) is 67.0 Å². The fourth-order valence-corrected chi connectivity index (χ4v) is 3.54. The number of carbonyl (C=O) groups is 2. The maximum absolute atomic E-state index is 12.0. The average Bonchev–Trinajstić information content (AvgIpc) is 2.74. The molecule has 5 heteroatoms. The molecule has 1 aliphatic heterocycles. The zero-order valence-corrected chi connectivity index (χ0v) is 16.2. The first-order valence-electron chi connectivity index (χ1n) is 9.89. The molecule has 0 saturated heterocycles. The number of aryl methyl sites for hydroxylation is 2. The number of carbonyl (C=O) groups excluding carboxylic acids is 2. The molecule has 2 aromatic carbocycles. The van der Waals surface area contributed by atoms with Crippen molar-refractivity contribution in [3.63, 3.8) is 0 Å². The van der Waals surface area contributed by atoms with Crippen LogP contribution in [0.3, 0.4) is 0 Å². The molecule has 2 heterocycles. The number of anilines is 2. The van der Waals surface area contributed by atoms with Gasteiger partial charge in [0.25, 0.3) is 0 Å². The van der Waals surface area contributed by atoms with E-state index in [1.807, 2.05) is 18.2 Å². The topological polar surface area (TPSA) is 71.1 Å². The van der Waals surface area contributed by atoms with E-state index in [-0.39, 0.29) is 11.8 Å². The minimum atomic E-state index is 0.00997. The lowest BCUT2D eigenvalue weighted by atomic mass is 9.96. The van der Waals surface area contributed by atoms with Crippen LogP contribution in [0.2, 0.25) is 0 Å². The summed E-state index contributed by atoms with van der Waals surface area (Å²) in [6, 6.07) is 18.3. The lowest BCUT2D eigenvalue weighted by Crippen LogP contribution is -2.18. The number of hydrogen-bond acceptors (Lipinski definition) is 3. The fourth-order valence-electron chi connectivity index (χ4n) is 3.54. The maximum atomic E-state index is 12.0. The Bertz CT molecular complexity index is 1010. The number of benzene rings is 2. The van der Waals surface area contributed by atoms with E-state index in [2.05, 4.69) is 45.9 Å². The Kier molecular flexibility index (Phi) is 5.66. The monoisotopic (exact) mass is 385 g/mol. The third-order valence-corrected chi connectivity index (χ3v) is 5.10. The van der Waals surface area contributed by atoms with Gasteiger partial charge in [0.15, 0.2) is 0 Å². The summed E-state index contributed by atoms with van der Waals surface area (Å²) in [4.78, 5) is 27.5. The van der Waals surface area contributed by atoms with Crippen molar-refractivity contribution in [2.75, 3.05) is 10.6 Å². The van der Waals surface area contributed by atoms with Crippen molar-refractivity contribution in [3.8, 4) is 11.1 Å². The second-order valence-corrected chi connectivity index (χ2v) is 7.26. The van der Waals surface area contributed by atoms with Gasteiger partial charge >= 0.3 is 0 Å². The Morgan fingerprint density at radius 1 is 1.03 bits per heavy atom. The van der Waals surface area contributed by atoms with Crippen LogP contribution >= 0.6 is 0 Å². The van der Waals surface area contributed by atoms with Gasteiger partial charge in [0.1, 0.15) is 0 Å². The van der Waals surface area contributed by atoms with Gasteiger partial charge in [0.2, 0.25) is 11.8 Å². The highest BCUT2D eigenvalue weighted by Gasteiger charge is 2.15. The number of hydrogen-bond donors (Lipinski definition) is 2. The first-order chi connectivity index (χ1) is 14.2. The van der Waals surface area contributed by atoms with E-state index in [1.165, 1.54) is 11.1 Å². The third-order valence-electron chi connectivity index (χ3n) is 5.10. The fraction of sp³-hybridized carbons (Fsp3) is 0.208. The standard InChI is InChI=1S/C24H23N3O2/c28-23(26-21-4-2-14-25-16-21)5-1-3-17-6-8-18(9-7-17)19-10-12-22-20(15-19)11-13-24(29)27-22/h2,4,6-10,12,14-16H,1,3,5,11,13H2,(H,26,28)(H,27,29). The highest BCUT2D eigenvalue weighted by atomic mass is 16.2. The van der Waals surface area contributed by atoms with Crippen molar-refractivity contribution >= 4 is 23.2 Å². The Morgan fingerprint density at radius 3 is 2.66 bits per heavy atom. The summed E-state index contributed by atoms with van der Waals surface area (Å²) in [5.74, 6) is 0.0968. The summed E-state index contributed by atoms with van der Waals surface area (Å²) < 4.78 is 0. The zero-order valence-electron chi connectivity index (χ0n) is 16.2. The van der Waals surface area contributed by atoms with Gasteiger partial charge < -0.3 is 10.6 Å². The van der Waals surface area contributed by atoms with Gasteiger partial charge in [-0.3, -0.25) is 14.6 Å². The largest absolute Gasteiger partial charge is 0.326 e. The van der Waals surface area contributed by atoms with Crippen LogP contribution in [0.25, 0.3) is 11.1 Å². The molecule has 2 amide bonds. The molecular formula is C24H23N3O2. The lowest BCUT2D eigenvalue weighted by molar-refractivity contribution is -0.117. The Hall–Kier alpha value is -3.47. The van der Waals surface area contributed by atoms with E-state index < -0.39 is 0 Å². The Morgan fingerprint density at radius 2 is 1.86 bits per heavy atom. The molecule has 2 N–H and O–H groups in total. The molecule has 0 spiro atoms. The third kappa shape index (κ3) is 4.88. The Labute approximate surface area is 170 Å². The lowest BCUT2D eigenvalue weighted by Gasteiger charge is -2.17. The first kappa shape index (κ1) is 18.9. The second-order valence-electron chi connectivity index (χ2n) is 7.26. The molecule has 1 aromatic heterocycles. The molecule has 146 valence electrons. The molecule has 0 atom stereocenters. The molecule has 0 aliphatic carbocycles. The molecule has 4 rings (SSSR count). The minimum Gasteiger partial charge on any atom is -0.326 e. The van der Waals surface area contributed by atoms with Crippen LogP contribution in [0, 0.1) is 0 Å². The molecular weight excluding hydrogens is 362 g/mol. The van der Waals surface area contributed by atoms with Crippen molar-refractivity contribution in [1.29, 1.82) is 0 Å². The minimum absolute atomic E-state index is 0.00997. The second kappa shape index (κ2) is 8.69. The van der Waals surface area contributed by atoms with Crippen molar-refractivity contribution in [2.24, 2.45) is 0 Å². The summed E-state index contributed by atoms with van der Waals surface area (Å²) in [6.45, 7) is 0. The molecule has 5 nitrogen and oxygen atoms in total. The number of amides is 2. The summed E-state index contributed by atoms with van der Waals surface area (Å²) in [5.41, 5.74) is 6.36. The van der Waals surface area contributed by atoms with Crippen LogP contribution in [0.1, 0.15) is 30.4 Å². The zero-order chi connectivity index (χ0) is 20.1. The van der Waals surface area contributed by atoms with Crippen LogP contribution in [0.4, 0.5) is 11.4 Å². The SMILES string of the molecule is O=C(CCCc1ccc(-c2ccc3c(c2)CCC(=O)N3)cc1)Nc1cccnc1. The van der Waals surface area contributed by atoms with Crippen LogP contribution in [0.5, 0.6) is 0 Å². The number of rotatable bonds is 6. The van der Waals surface area contributed by atoms with E-state index in [4.69, 9.17) is 0 Å². The summed E-state index contributed by atoms with van der Waals surface area (Å²) in [5, 5.41) is 5.78. The first-order valence-corrected chi connectivity index (χ1v) is 9.89. The van der Waals surface area contributed by atoms with Gasteiger partial charge in [-0.1, -0.05) is 30.3 Å². The quantitative estimate of drug-likeness (QED) is 0.652. The molecule has 0 fully saturated rings. The summed E-state index contributed by atoms with van der Waals surface area (Å²) in [6.07, 6.45) is 6.79. The molecule has 1 aliphatic rings. The maximum Gasteiger partial charge on any atom is 0.224 e. The summed E-state index contributed by atoms with van der Waals surface area (Å²) in [7, 11) is 0. The smallest absolute Gasteiger partial charge is 0.224 e. The number of pyridine rings is 1. The molecule has 0 saturated carbocycles. The highest BCUT2D eigenvalue weighted by Crippen LogP contribution is 2.29. The normalized spacial score (nSPS) is 12.8. The van der Waals surface area contributed by atoms with Gasteiger partial charge in [-0.2, -0.15) is 0 Å². The predicted octanol–water partition coefficient (Wildman–Crippen LogP) is 4.59. The molecule has 0 bridgehead atoms. The average molecular weight is 385 g/mol. The predicted molar refractivity (Wildman–Crippen MR) is 115 cm³/mol. The van der Waals surface area contributed by atoms with E-state index in [0.717, 1.165) is 41.8 Å². The van der Waals surface area contributed by atoms with Gasteiger partial charge in [-0.25, -0.2) is 0 Å². The molecule has 0 unspecified atom stereocenters. The van der Waals surface area contributed by atoms with Crippen molar-refractivity contribution in [2.45, 2.75) is 32.1 Å². The molecule has 3 aromatic rings. The van der Waals surface area contributed by atoms with Crippen LogP contribution < -0.4 is 10.6 Å². The number of fused-ring (bicyclic) bond motifs is 1. The van der Waals surface area contributed by atoms with Crippen molar-refractivity contribution in [1.82, 2.24) is 4.98 Å². The van der Waals surface area contributed by atoms with Gasteiger partial charge in [-0.05, 0) is 65.8 Å². The van der Waals surface area contributed by atoms with Gasteiger partial charge in [-0.15, -0.1) is 0 Å². The number of nitrogens with zero attached hydrogens (tertiary/aromatic N) is 1. The molecule has 0 radical (unpaired) electrons. The highest BCUT2D eigenvalue weighted by molar-refractivity contribution is 5.94. The van der Waals surface area contributed by atoms with Crippen molar-refractivity contribution < 1.29 is 9.59 Å².